The fourth-order valence-corrected chi connectivity index (χ4v) is 3.78. The van der Waals surface area contributed by atoms with Gasteiger partial charge in [0.1, 0.15) is 0 Å². The van der Waals surface area contributed by atoms with Crippen molar-refractivity contribution in [3.8, 4) is 0 Å². The zero-order valence-corrected chi connectivity index (χ0v) is 15.4. The van der Waals surface area contributed by atoms with E-state index in [0.717, 1.165) is 11.4 Å². The van der Waals surface area contributed by atoms with E-state index in [0.29, 0.717) is 25.4 Å². The van der Waals surface area contributed by atoms with Crippen molar-refractivity contribution >= 4 is 23.7 Å². The molecule has 0 aliphatic carbocycles. The Balaban J connectivity index is 1.44. The molecule has 0 bridgehead atoms. The molecule has 2 aliphatic rings. The van der Waals surface area contributed by atoms with Crippen LogP contribution in [0.3, 0.4) is 0 Å². The maximum absolute atomic E-state index is 12.3. The number of nitrogens with one attached hydrogen (secondary N) is 1. The Morgan fingerprint density at radius 3 is 2.46 bits per heavy atom. The Bertz CT molecular complexity index is 618. The number of amides is 3. The lowest BCUT2D eigenvalue weighted by atomic mass is 9.87. The highest BCUT2D eigenvalue weighted by molar-refractivity contribution is 8.00. The molecule has 3 rings (SSSR count). The number of carbonyl (C=O) groups is 2. The second-order valence-electron chi connectivity index (χ2n) is 7.44. The number of nitrogens with zero attached hydrogens (tertiary/aromatic N) is 2. The Hall–Kier alpha value is -1.69. The monoisotopic (exact) mass is 347 g/mol. The fraction of sp³-hybridized carbons (Fsp3) is 0.556. The average Bonchev–Trinajstić information content (AvgIpc) is 2.89. The second kappa shape index (κ2) is 6.67. The number of likely N-dealkylation sites (tertiary alicyclic amines) is 1. The van der Waals surface area contributed by atoms with Gasteiger partial charge in [-0.05, 0) is 23.1 Å². The first-order valence-electron chi connectivity index (χ1n) is 8.40. The van der Waals surface area contributed by atoms with Crippen LogP contribution in [-0.4, -0.2) is 59.7 Å². The third-order valence-corrected chi connectivity index (χ3v) is 5.62. The number of hydrogen-bond donors (Lipinski definition) is 1. The lowest BCUT2D eigenvalue weighted by Crippen LogP contribution is -2.62. The second-order valence-corrected chi connectivity index (χ2v) is 8.49. The van der Waals surface area contributed by atoms with E-state index < -0.39 is 0 Å². The molecule has 2 heterocycles. The molecule has 2 aliphatic heterocycles. The van der Waals surface area contributed by atoms with Crippen LogP contribution in [0.5, 0.6) is 0 Å². The van der Waals surface area contributed by atoms with Gasteiger partial charge in [-0.3, -0.25) is 4.79 Å². The maximum Gasteiger partial charge on any atom is 0.317 e. The zero-order chi connectivity index (χ0) is 17.3. The summed E-state index contributed by atoms with van der Waals surface area (Å²) in [6.45, 7) is 9.37. The van der Waals surface area contributed by atoms with Gasteiger partial charge in [-0.25, -0.2) is 4.79 Å². The molecule has 3 amide bonds. The van der Waals surface area contributed by atoms with Gasteiger partial charge in [0.2, 0.25) is 5.91 Å². The summed E-state index contributed by atoms with van der Waals surface area (Å²) in [4.78, 5) is 28.6. The van der Waals surface area contributed by atoms with Gasteiger partial charge >= 0.3 is 6.03 Å². The quantitative estimate of drug-likeness (QED) is 0.851. The minimum atomic E-state index is 0.000382. The Morgan fingerprint density at radius 1 is 1.25 bits per heavy atom. The van der Waals surface area contributed by atoms with Crippen molar-refractivity contribution in [2.75, 3.05) is 31.9 Å². The highest BCUT2D eigenvalue weighted by atomic mass is 32.2. The van der Waals surface area contributed by atoms with Gasteiger partial charge in [0, 0.05) is 31.1 Å². The largest absolute Gasteiger partial charge is 0.338 e. The molecule has 0 aromatic heterocycles. The molecule has 0 spiro atoms. The first-order valence-corrected chi connectivity index (χ1v) is 9.39. The van der Waals surface area contributed by atoms with Crippen molar-refractivity contribution in [1.82, 2.24) is 15.1 Å². The molecule has 5 nitrogen and oxygen atoms in total. The van der Waals surface area contributed by atoms with Crippen molar-refractivity contribution in [3.63, 3.8) is 0 Å². The van der Waals surface area contributed by atoms with Gasteiger partial charge in [-0.15, -0.1) is 11.8 Å². The van der Waals surface area contributed by atoms with Crippen LogP contribution in [0.4, 0.5) is 4.79 Å². The van der Waals surface area contributed by atoms with Crippen molar-refractivity contribution < 1.29 is 9.59 Å². The minimum Gasteiger partial charge on any atom is -0.338 e. The molecular weight excluding hydrogens is 322 g/mol. The summed E-state index contributed by atoms with van der Waals surface area (Å²) in [5.74, 6) is 0.601. The van der Waals surface area contributed by atoms with E-state index >= 15 is 0 Å². The summed E-state index contributed by atoms with van der Waals surface area (Å²) >= 11 is 1.58. The number of urea groups is 1. The summed E-state index contributed by atoms with van der Waals surface area (Å²) in [5.41, 5.74) is 1.45. The molecule has 0 atom stereocenters. The van der Waals surface area contributed by atoms with Crippen molar-refractivity contribution in [1.29, 1.82) is 0 Å². The molecule has 2 fully saturated rings. The molecule has 0 saturated carbocycles. The molecule has 1 aromatic rings. The first-order chi connectivity index (χ1) is 11.3. The van der Waals surface area contributed by atoms with Crippen LogP contribution in [0.15, 0.2) is 29.2 Å². The highest BCUT2D eigenvalue weighted by Gasteiger charge is 2.38. The van der Waals surface area contributed by atoms with E-state index in [2.05, 4.69) is 50.4 Å². The topological polar surface area (TPSA) is 52.7 Å². The lowest BCUT2D eigenvalue weighted by molar-refractivity contribution is -0.134. The SMILES string of the molecule is CC(C)(C)c1ccc(SCC(=O)N2CC(N3CCNC3=O)C2)cc1. The van der Waals surface area contributed by atoms with Crippen LogP contribution in [-0.2, 0) is 10.2 Å². The van der Waals surface area contributed by atoms with E-state index in [4.69, 9.17) is 0 Å². The summed E-state index contributed by atoms with van der Waals surface area (Å²) < 4.78 is 0. The van der Waals surface area contributed by atoms with Gasteiger partial charge < -0.3 is 15.1 Å². The van der Waals surface area contributed by atoms with E-state index in [-0.39, 0.29) is 23.4 Å². The van der Waals surface area contributed by atoms with Crippen LogP contribution >= 0.6 is 11.8 Å². The highest BCUT2D eigenvalue weighted by Crippen LogP contribution is 2.26. The first kappa shape index (κ1) is 17.1. The zero-order valence-electron chi connectivity index (χ0n) is 14.5. The summed E-state index contributed by atoms with van der Waals surface area (Å²) in [5, 5.41) is 2.80. The summed E-state index contributed by atoms with van der Waals surface area (Å²) in [6.07, 6.45) is 0. The van der Waals surface area contributed by atoms with E-state index in [9.17, 15) is 9.59 Å². The van der Waals surface area contributed by atoms with Crippen LogP contribution in [0.1, 0.15) is 26.3 Å². The van der Waals surface area contributed by atoms with Crippen LogP contribution in [0.2, 0.25) is 0 Å². The number of benzene rings is 1. The fourth-order valence-electron chi connectivity index (χ4n) is 2.98. The van der Waals surface area contributed by atoms with Crippen molar-refractivity contribution in [2.45, 2.75) is 37.1 Å². The molecule has 0 radical (unpaired) electrons. The standard InChI is InChI=1S/C18H25N3O2S/c1-18(2,3)13-4-6-15(7-5-13)24-12-16(22)20-10-14(11-20)21-9-8-19-17(21)23/h4-7,14H,8-12H2,1-3H3,(H,19,23). The predicted octanol–water partition coefficient (Wildman–Crippen LogP) is 2.31. The van der Waals surface area contributed by atoms with Crippen LogP contribution in [0, 0.1) is 0 Å². The van der Waals surface area contributed by atoms with Gasteiger partial charge in [-0.1, -0.05) is 32.9 Å². The van der Waals surface area contributed by atoms with Crippen molar-refractivity contribution in [3.05, 3.63) is 29.8 Å². The Labute approximate surface area is 147 Å². The smallest absolute Gasteiger partial charge is 0.317 e. The summed E-state index contributed by atoms with van der Waals surface area (Å²) in [6, 6.07) is 8.64. The van der Waals surface area contributed by atoms with Crippen molar-refractivity contribution in [2.24, 2.45) is 0 Å². The Kier molecular flexibility index (Phi) is 4.76. The number of thioether (sulfide) groups is 1. The molecular formula is C18H25N3O2S. The summed E-state index contributed by atoms with van der Waals surface area (Å²) in [7, 11) is 0. The molecule has 130 valence electrons. The Morgan fingerprint density at radius 2 is 1.92 bits per heavy atom. The number of rotatable bonds is 4. The number of carbonyl (C=O) groups excluding carboxylic acids is 2. The molecule has 2 saturated heterocycles. The normalized spacial score (nSPS) is 18.5. The van der Waals surface area contributed by atoms with E-state index in [1.54, 1.807) is 11.8 Å². The third kappa shape index (κ3) is 3.69. The predicted molar refractivity (Wildman–Crippen MR) is 96.3 cm³/mol. The van der Waals surface area contributed by atoms with Gasteiger partial charge in [0.15, 0.2) is 0 Å². The number of hydrogen-bond acceptors (Lipinski definition) is 3. The van der Waals surface area contributed by atoms with E-state index in [1.807, 2.05) is 9.80 Å². The van der Waals surface area contributed by atoms with Gasteiger partial charge in [0.05, 0.1) is 11.8 Å². The lowest BCUT2D eigenvalue weighted by Gasteiger charge is -2.43. The van der Waals surface area contributed by atoms with Crippen LogP contribution in [0.25, 0.3) is 0 Å². The molecule has 1 aromatic carbocycles. The van der Waals surface area contributed by atoms with Gasteiger partial charge in [0.25, 0.3) is 0 Å². The molecule has 0 unspecified atom stereocenters. The van der Waals surface area contributed by atoms with E-state index in [1.165, 1.54) is 5.56 Å². The minimum absolute atomic E-state index is 0.000382. The maximum atomic E-state index is 12.3. The molecule has 24 heavy (non-hydrogen) atoms. The third-order valence-electron chi connectivity index (χ3n) is 4.63. The van der Waals surface area contributed by atoms with Crippen LogP contribution < -0.4 is 5.32 Å². The van der Waals surface area contributed by atoms with Gasteiger partial charge in [-0.2, -0.15) is 0 Å². The molecule has 6 heteroatoms. The molecule has 1 N–H and O–H groups in total. The average molecular weight is 347 g/mol.